The predicted octanol–water partition coefficient (Wildman–Crippen LogP) is 7.11. The molecule has 4 aromatic rings. The third-order valence-corrected chi connectivity index (χ3v) is 10.6. The van der Waals surface area contributed by atoms with Crippen molar-refractivity contribution in [1.82, 2.24) is 10.1 Å². The van der Waals surface area contributed by atoms with Crippen LogP contribution in [0.1, 0.15) is 55.8 Å². The van der Waals surface area contributed by atoms with Crippen LogP contribution >= 0.6 is 18.7 Å². The van der Waals surface area contributed by atoms with Crippen molar-refractivity contribution >= 4 is 39.4 Å². The Morgan fingerprint density at radius 2 is 1.86 bits per heavy atom. The van der Waals surface area contributed by atoms with Crippen LogP contribution in [0.4, 0.5) is 22.7 Å². The molecule has 1 saturated carbocycles. The van der Waals surface area contributed by atoms with E-state index in [1.165, 1.54) is 36.2 Å². The van der Waals surface area contributed by atoms with Gasteiger partial charge in [0.1, 0.15) is 22.7 Å². The zero-order valence-corrected chi connectivity index (χ0v) is 24.7. The molecule has 2 saturated heterocycles. The van der Waals surface area contributed by atoms with Gasteiger partial charge >= 0.3 is 6.36 Å². The second-order valence-electron chi connectivity index (χ2n) is 11.5. The highest BCUT2D eigenvalue weighted by Crippen LogP contribution is 2.47. The summed E-state index contributed by atoms with van der Waals surface area (Å²) in [5, 5.41) is 4.91. The number of thiazole rings is 1. The largest absolute Gasteiger partial charge is 0.573 e. The van der Waals surface area contributed by atoms with Crippen LogP contribution in [0, 0.1) is 5.82 Å². The minimum Gasteiger partial charge on any atom is -0.405 e. The van der Waals surface area contributed by atoms with Crippen LogP contribution in [-0.2, 0) is 15.9 Å². The molecule has 8 nitrogen and oxygen atoms in total. The SMILES string of the molecule is CP(=O)(O)c1cc(F)c2nc(N3[C@@H]4CC[C@H]3CC(OCc3c(-c5ccccc5OC(F)(F)F)noc3C3CC3)C4)sc2c1. The first-order chi connectivity index (χ1) is 20.4. The lowest BCUT2D eigenvalue weighted by Gasteiger charge is -2.38. The van der Waals surface area contributed by atoms with Crippen LogP contribution in [0.3, 0.4) is 0 Å². The molecule has 7 rings (SSSR count). The Morgan fingerprint density at radius 3 is 2.53 bits per heavy atom. The van der Waals surface area contributed by atoms with Crippen molar-refractivity contribution in [2.45, 2.75) is 75.6 Å². The Labute approximate surface area is 248 Å². The smallest absolute Gasteiger partial charge is 0.405 e. The predicted molar refractivity (Wildman–Crippen MR) is 153 cm³/mol. The van der Waals surface area contributed by atoms with Gasteiger partial charge in [0.05, 0.1) is 17.4 Å². The zero-order chi connectivity index (χ0) is 30.1. The van der Waals surface area contributed by atoms with Gasteiger partial charge < -0.3 is 23.8 Å². The van der Waals surface area contributed by atoms with Crippen LogP contribution in [0.2, 0.25) is 0 Å². The summed E-state index contributed by atoms with van der Waals surface area (Å²) in [4.78, 5) is 16.7. The summed E-state index contributed by atoms with van der Waals surface area (Å²) >= 11 is 1.31. The molecular formula is C29H28F4N3O5PS. The summed E-state index contributed by atoms with van der Waals surface area (Å²) in [5.74, 6) is -0.151. The average Bonchev–Trinajstić information content (AvgIpc) is 3.44. The van der Waals surface area contributed by atoms with Crippen LogP contribution in [0.5, 0.6) is 5.75 Å². The van der Waals surface area contributed by atoms with Crippen molar-refractivity contribution in [1.29, 1.82) is 0 Å². The van der Waals surface area contributed by atoms with E-state index in [4.69, 9.17) is 9.26 Å². The number of halogens is 4. The van der Waals surface area contributed by atoms with E-state index < -0.39 is 19.5 Å². The molecule has 2 aromatic carbocycles. The molecule has 43 heavy (non-hydrogen) atoms. The normalized spacial score (nSPS) is 23.6. The van der Waals surface area contributed by atoms with Crippen molar-refractivity contribution in [2.75, 3.05) is 11.6 Å². The highest BCUT2D eigenvalue weighted by atomic mass is 32.1. The molecule has 0 spiro atoms. The molecular weight excluding hydrogens is 609 g/mol. The van der Waals surface area contributed by atoms with Crippen LogP contribution in [0.15, 0.2) is 40.9 Å². The third-order valence-electron chi connectivity index (χ3n) is 8.41. The molecule has 2 bridgehead atoms. The monoisotopic (exact) mass is 637 g/mol. The summed E-state index contributed by atoms with van der Waals surface area (Å²) in [7, 11) is -3.62. The number of anilines is 1. The lowest BCUT2D eigenvalue weighted by molar-refractivity contribution is -0.274. The van der Waals surface area contributed by atoms with E-state index in [9.17, 15) is 27.0 Å². The minimum atomic E-state index is -4.85. The fourth-order valence-corrected chi connectivity index (χ4v) is 8.28. The first kappa shape index (κ1) is 28.8. The molecule has 3 aliphatic rings. The Morgan fingerprint density at radius 1 is 1.14 bits per heavy atom. The van der Waals surface area contributed by atoms with Gasteiger partial charge in [0.15, 0.2) is 10.9 Å². The Kier molecular flexibility index (Phi) is 7.07. The molecule has 4 heterocycles. The summed E-state index contributed by atoms with van der Waals surface area (Å²) in [5.41, 5.74) is 1.32. The average molecular weight is 638 g/mol. The molecule has 2 aliphatic heterocycles. The van der Waals surface area contributed by atoms with Gasteiger partial charge in [-0.1, -0.05) is 28.6 Å². The molecule has 1 N–H and O–H groups in total. The van der Waals surface area contributed by atoms with Crippen molar-refractivity contribution in [2.24, 2.45) is 0 Å². The van der Waals surface area contributed by atoms with Gasteiger partial charge in [-0.2, -0.15) is 0 Å². The number of benzene rings is 2. The van der Waals surface area contributed by atoms with Gasteiger partial charge in [-0.25, -0.2) is 9.37 Å². The number of nitrogens with zero attached hydrogens (tertiary/aromatic N) is 3. The van der Waals surface area contributed by atoms with Crippen molar-refractivity contribution in [3.8, 4) is 17.0 Å². The van der Waals surface area contributed by atoms with Crippen molar-refractivity contribution in [3.63, 3.8) is 0 Å². The van der Waals surface area contributed by atoms with Gasteiger partial charge in [0, 0.05) is 41.1 Å². The van der Waals surface area contributed by atoms with E-state index in [1.807, 2.05) is 0 Å². The van der Waals surface area contributed by atoms with Crippen molar-refractivity contribution in [3.05, 3.63) is 53.5 Å². The molecule has 0 amide bonds. The van der Waals surface area contributed by atoms with E-state index in [1.54, 1.807) is 12.1 Å². The maximum Gasteiger partial charge on any atom is 0.573 e. The molecule has 2 aromatic heterocycles. The Bertz CT molecular complexity index is 1720. The number of para-hydroxylation sites is 1. The van der Waals surface area contributed by atoms with E-state index in [-0.39, 0.29) is 58.5 Å². The number of hydrogen-bond acceptors (Lipinski definition) is 8. The van der Waals surface area contributed by atoms with E-state index in [0.29, 0.717) is 34.0 Å². The standard InChI is InChI=1S/C29H28F4N3O5PS/c1-42(37,38)19-12-22(30)26-24(13-19)43-28(34-26)36-16-8-9-17(36)11-18(10-16)39-14-21-25(35-41-27(21)15-6-7-15)20-4-2-3-5-23(20)40-29(31,32)33/h2-5,12-13,15-18H,6-11,14H2,1H3,(H,37,38)/t16-,17+,18?. The number of aromatic nitrogens is 2. The number of hydrogen-bond donors (Lipinski definition) is 1. The Hall–Kier alpha value is -2.99. The van der Waals surface area contributed by atoms with E-state index in [2.05, 4.69) is 19.8 Å². The zero-order valence-electron chi connectivity index (χ0n) is 23.0. The van der Waals surface area contributed by atoms with E-state index in [0.717, 1.165) is 31.7 Å². The summed E-state index contributed by atoms with van der Waals surface area (Å²) in [6, 6.07) is 8.75. The quantitative estimate of drug-likeness (QED) is 0.161. The minimum absolute atomic E-state index is 0.0639. The molecule has 228 valence electrons. The number of fused-ring (bicyclic) bond motifs is 3. The third kappa shape index (κ3) is 5.68. The highest BCUT2D eigenvalue weighted by Gasteiger charge is 2.43. The number of rotatable bonds is 8. The summed E-state index contributed by atoms with van der Waals surface area (Å²) in [6.07, 6.45) is 0.126. The van der Waals surface area contributed by atoms with Crippen LogP contribution in [-0.4, -0.2) is 46.2 Å². The van der Waals surface area contributed by atoms with Gasteiger partial charge in [0.25, 0.3) is 0 Å². The fourth-order valence-electron chi connectivity index (χ4n) is 6.31. The second kappa shape index (κ2) is 10.6. The number of alkyl halides is 3. The second-order valence-corrected chi connectivity index (χ2v) is 14.8. The maximum atomic E-state index is 14.8. The van der Waals surface area contributed by atoms with Crippen molar-refractivity contribution < 1.29 is 41.0 Å². The Balaban J connectivity index is 1.10. The molecule has 3 fully saturated rings. The molecule has 1 aliphatic carbocycles. The summed E-state index contributed by atoms with van der Waals surface area (Å²) < 4.78 is 83.2. The van der Waals surface area contributed by atoms with Gasteiger partial charge in [-0.3, -0.25) is 4.57 Å². The van der Waals surface area contributed by atoms with Gasteiger partial charge in [0.2, 0.25) is 7.37 Å². The molecule has 0 radical (unpaired) electrons. The van der Waals surface area contributed by atoms with Gasteiger partial charge in [-0.15, -0.1) is 13.2 Å². The number of ether oxygens (including phenoxy) is 2. The molecule has 14 heteroatoms. The molecule has 4 atom stereocenters. The van der Waals surface area contributed by atoms with Crippen LogP contribution < -0.4 is 14.9 Å². The molecule has 2 unspecified atom stereocenters. The highest BCUT2D eigenvalue weighted by molar-refractivity contribution is 7.65. The van der Waals surface area contributed by atoms with E-state index >= 15 is 0 Å². The fraction of sp³-hybridized carbons (Fsp3) is 0.448. The lowest BCUT2D eigenvalue weighted by Crippen LogP contribution is -2.45. The van der Waals surface area contributed by atoms with Crippen LogP contribution in [0.25, 0.3) is 21.5 Å². The number of piperidine rings is 1. The van der Waals surface area contributed by atoms with Gasteiger partial charge in [-0.05, 0) is 62.8 Å². The topological polar surface area (TPSA) is 97.9 Å². The maximum absolute atomic E-state index is 14.8. The lowest BCUT2D eigenvalue weighted by atomic mass is 10.00. The first-order valence-corrected chi connectivity index (χ1v) is 17.0. The first-order valence-electron chi connectivity index (χ1n) is 14.1. The summed E-state index contributed by atoms with van der Waals surface area (Å²) in [6.45, 7) is 1.33.